The van der Waals surface area contributed by atoms with E-state index in [1.54, 1.807) is 49.7 Å². The molecule has 0 saturated carbocycles. The molecule has 0 radical (unpaired) electrons. The summed E-state index contributed by atoms with van der Waals surface area (Å²) in [5.74, 6) is -0.919. The highest BCUT2D eigenvalue weighted by Crippen LogP contribution is 2.29. The number of rotatable bonds is 8. The minimum atomic E-state index is -3.76. The summed E-state index contributed by atoms with van der Waals surface area (Å²) in [6, 6.07) is 7.56. The first-order valence-electron chi connectivity index (χ1n) is 10.8. The molecule has 0 spiro atoms. The van der Waals surface area contributed by atoms with Crippen molar-refractivity contribution in [2.24, 2.45) is 4.99 Å². The lowest BCUT2D eigenvalue weighted by molar-refractivity contribution is -0.121. The largest absolute Gasteiger partial charge is 0.462 e. The van der Waals surface area contributed by atoms with E-state index in [9.17, 15) is 18.0 Å². The fourth-order valence-electron chi connectivity index (χ4n) is 3.87. The topological polar surface area (TPSA) is 107 Å². The molecule has 182 valence electrons. The van der Waals surface area contributed by atoms with Gasteiger partial charge in [0.15, 0.2) is 4.80 Å². The number of carbonyl (C=O) groups is 2. The van der Waals surface area contributed by atoms with E-state index < -0.39 is 27.9 Å². The van der Waals surface area contributed by atoms with Crippen LogP contribution in [0.3, 0.4) is 0 Å². The number of methoxy groups -OCH3 is 1. The number of sulfonamides is 1. The molecule has 1 amide bonds. The fourth-order valence-corrected chi connectivity index (χ4v) is 7.74. The van der Waals surface area contributed by atoms with Crippen molar-refractivity contribution >= 4 is 54.8 Å². The number of aromatic nitrogens is 1. The molecular weight excluding hydrogens is 498 g/mol. The molecule has 0 bridgehead atoms. The molecule has 1 aliphatic rings. The van der Waals surface area contributed by atoms with Gasteiger partial charge in [-0.05, 0) is 49.4 Å². The van der Waals surface area contributed by atoms with Crippen molar-refractivity contribution in [1.29, 1.82) is 0 Å². The summed E-state index contributed by atoms with van der Waals surface area (Å²) in [6.45, 7) is 3.15. The summed E-state index contributed by atoms with van der Waals surface area (Å²) in [5.41, 5.74) is 1.22. The van der Waals surface area contributed by atoms with E-state index in [4.69, 9.17) is 9.47 Å². The molecule has 2 aromatic heterocycles. The lowest BCUT2D eigenvalue weighted by Crippen LogP contribution is -2.40. The van der Waals surface area contributed by atoms with Gasteiger partial charge in [0, 0.05) is 20.2 Å². The van der Waals surface area contributed by atoms with Gasteiger partial charge in [0.05, 0.1) is 29.0 Å². The van der Waals surface area contributed by atoms with E-state index in [1.807, 2.05) is 4.57 Å². The first kappa shape index (κ1) is 24.7. The summed E-state index contributed by atoms with van der Waals surface area (Å²) in [7, 11) is -2.17. The Morgan fingerprint density at radius 1 is 1.26 bits per heavy atom. The van der Waals surface area contributed by atoms with Gasteiger partial charge in [0.2, 0.25) is 0 Å². The molecule has 12 heteroatoms. The van der Waals surface area contributed by atoms with Crippen LogP contribution in [0, 0.1) is 0 Å². The van der Waals surface area contributed by atoms with E-state index in [1.165, 1.54) is 15.6 Å². The minimum absolute atomic E-state index is 0.218. The number of carbonyl (C=O) groups excluding carboxylic acids is 2. The Balaban J connectivity index is 1.72. The van der Waals surface area contributed by atoms with Crippen LogP contribution in [0.1, 0.15) is 30.1 Å². The van der Waals surface area contributed by atoms with Gasteiger partial charge in [0.1, 0.15) is 10.3 Å². The monoisotopic (exact) mass is 523 g/mol. The number of benzene rings is 1. The van der Waals surface area contributed by atoms with Crippen LogP contribution in [0.15, 0.2) is 44.9 Å². The van der Waals surface area contributed by atoms with E-state index in [2.05, 4.69) is 4.99 Å². The molecule has 1 atom stereocenters. The normalized spacial score (nSPS) is 17.5. The van der Waals surface area contributed by atoms with E-state index in [-0.39, 0.29) is 17.4 Å². The Morgan fingerprint density at radius 2 is 2.09 bits per heavy atom. The highest BCUT2D eigenvalue weighted by molar-refractivity contribution is 7.91. The fraction of sp³-hybridized carbons (Fsp3) is 0.409. The summed E-state index contributed by atoms with van der Waals surface area (Å²) < 4.78 is 40.5. The number of ether oxygens (including phenoxy) is 2. The molecule has 1 aliphatic heterocycles. The maximum atomic E-state index is 13.2. The van der Waals surface area contributed by atoms with Crippen LogP contribution in [-0.2, 0) is 30.8 Å². The van der Waals surface area contributed by atoms with Crippen LogP contribution < -0.4 is 4.80 Å². The lowest BCUT2D eigenvalue weighted by Gasteiger charge is -2.20. The highest BCUT2D eigenvalue weighted by atomic mass is 32.2. The van der Waals surface area contributed by atoms with Crippen molar-refractivity contribution in [2.75, 3.05) is 26.9 Å². The number of thiophene rings is 1. The molecule has 0 N–H and O–H groups in total. The predicted molar refractivity (Wildman–Crippen MR) is 129 cm³/mol. The zero-order chi connectivity index (χ0) is 24.3. The molecule has 1 saturated heterocycles. The number of fused-ring (bicyclic) bond motifs is 1. The summed E-state index contributed by atoms with van der Waals surface area (Å²) in [4.78, 5) is 30.2. The maximum absolute atomic E-state index is 13.2. The second-order valence-corrected chi connectivity index (χ2v) is 11.7. The standard InChI is InChI=1S/C22H25N3O6S3/c1-3-31-21(27)15-8-9-16-18(14-15)33-22(24(16)11-12-30-2)23-20(26)17-6-4-10-25(17)34(28,29)19-7-5-13-32-19/h5,7-9,13-14,17H,3-4,6,10-12H2,1-2H3. The molecule has 9 nitrogen and oxygen atoms in total. The average molecular weight is 524 g/mol. The number of amides is 1. The van der Waals surface area contributed by atoms with Gasteiger partial charge < -0.3 is 14.0 Å². The third-order valence-electron chi connectivity index (χ3n) is 5.47. The van der Waals surface area contributed by atoms with Crippen molar-refractivity contribution in [1.82, 2.24) is 8.87 Å². The number of hydrogen-bond acceptors (Lipinski definition) is 8. The Labute approximate surface area is 205 Å². The molecule has 1 unspecified atom stereocenters. The molecule has 34 heavy (non-hydrogen) atoms. The third kappa shape index (κ3) is 4.86. The maximum Gasteiger partial charge on any atom is 0.338 e. The van der Waals surface area contributed by atoms with Gasteiger partial charge in [-0.1, -0.05) is 17.4 Å². The summed E-state index contributed by atoms with van der Waals surface area (Å²) in [6.07, 6.45) is 1.01. The van der Waals surface area contributed by atoms with Gasteiger partial charge >= 0.3 is 5.97 Å². The number of hydrogen-bond donors (Lipinski definition) is 0. The number of esters is 1. The van der Waals surface area contributed by atoms with Crippen LogP contribution in [0.4, 0.5) is 0 Å². The van der Waals surface area contributed by atoms with Gasteiger partial charge in [-0.25, -0.2) is 13.2 Å². The van der Waals surface area contributed by atoms with Crippen LogP contribution >= 0.6 is 22.7 Å². The van der Waals surface area contributed by atoms with E-state index in [0.717, 1.165) is 21.6 Å². The third-order valence-corrected chi connectivity index (χ3v) is 9.79. The minimum Gasteiger partial charge on any atom is -0.462 e. The first-order valence-corrected chi connectivity index (χ1v) is 13.9. The molecule has 1 fully saturated rings. The van der Waals surface area contributed by atoms with Crippen molar-refractivity contribution in [3.8, 4) is 0 Å². The first-order chi connectivity index (χ1) is 16.4. The van der Waals surface area contributed by atoms with Gasteiger partial charge in [-0.2, -0.15) is 9.30 Å². The van der Waals surface area contributed by atoms with Crippen molar-refractivity contribution in [3.63, 3.8) is 0 Å². The molecule has 3 aromatic rings. The van der Waals surface area contributed by atoms with Crippen LogP contribution in [0.25, 0.3) is 10.2 Å². The molecule has 4 rings (SSSR count). The van der Waals surface area contributed by atoms with E-state index >= 15 is 0 Å². The Bertz CT molecular complexity index is 1360. The average Bonchev–Trinajstić information content (AvgIpc) is 3.57. The van der Waals surface area contributed by atoms with Gasteiger partial charge in [-0.3, -0.25) is 4.79 Å². The molecular formula is C22H25N3O6S3. The van der Waals surface area contributed by atoms with Crippen molar-refractivity contribution in [3.05, 3.63) is 46.1 Å². The van der Waals surface area contributed by atoms with Crippen LogP contribution in [-0.4, -0.2) is 62.1 Å². The quantitative estimate of drug-likeness (QED) is 0.420. The summed E-state index contributed by atoms with van der Waals surface area (Å²) in [5, 5.41) is 1.70. The van der Waals surface area contributed by atoms with Crippen LogP contribution in [0.2, 0.25) is 0 Å². The Hall–Kier alpha value is -2.38. The molecule has 0 aliphatic carbocycles. The molecule has 3 heterocycles. The highest BCUT2D eigenvalue weighted by Gasteiger charge is 2.40. The zero-order valence-electron chi connectivity index (χ0n) is 18.8. The number of thiazole rings is 1. The molecule has 1 aromatic carbocycles. The second-order valence-electron chi connectivity index (χ2n) is 7.59. The number of nitrogens with zero attached hydrogens (tertiary/aromatic N) is 3. The van der Waals surface area contributed by atoms with Gasteiger partial charge in [0.25, 0.3) is 15.9 Å². The SMILES string of the molecule is CCOC(=O)c1ccc2c(c1)sc(=NC(=O)C1CCCN1S(=O)(=O)c1cccs1)n2CCOC. The Morgan fingerprint density at radius 3 is 2.79 bits per heavy atom. The van der Waals surface area contributed by atoms with Gasteiger partial charge in [-0.15, -0.1) is 11.3 Å². The van der Waals surface area contributed by atoms with Crippen molar-refractivity contribution < 1.29 is 27.5 Å². The summed E-state index contributed by atoms with van der Waals surface area (Å²) >= 11 is 2.39. The smallest absolute Gasteiger partial charge is 0.338 e. The predicted octanol–water partition coefficient (Wildman–Crippen LogP) is 2.87. The zero-order valence-corrected chi connectivity index (χ0v) is 21.2. The van der Waals surface area contributed by atoms with Crippen LogP contribution in [0.5, 0.6) is 0 Å². The lowest BCUT2D eigenvalue weighted by atomic mass is 10.2. The van der Waals surface area contributed by atoms with E-state index in [0.29, 0.717) is 36.4 Å². The Kier molecular flexibility index (Phi) is 7.63. The van der Waals surface area contributed by atoms with Crippen molar-refractivity contribution in [2.45, 2.75) is 36.6 Å². The second kappa shape index (κ2) is 10.5.